The van der Waals surface area contributed by atoms with E-state index in [4.69, 9.17) is 18.3 Å². The average Bonchev–Trinajstić information content (AvgIpc) is 3.37. The Morgan fingerprint density at radius 2 is 1.45 bits per heavy atom. The number of nitrogens with zero attached hydrogens (tertiary/aromatic N) is 1. The molecule has 1 aliphatic rings. The van der Waals surface area contributed by atoms with Crippen molar-refractivity contribution in [3.63, 3.8) is 0 Å². The number of benzene rings is 2. The van der Waals surface area contributed by atoms with E-state index in [1.165, 1.54) is 10.8 Å². The first-order chi connectivity index (χ1) is 24.6. The lowest BCUT2D eigenvalue weighted by Crippen LogP contribution is -2.67. The molecule has 2 aromatic carbocycles. The third kappa shape index (κ3) is 10.1. The number of rotatable bonds is 16. The quantitative estimate of drug-likeness (QED) is 0.149. The number of sulfonamides is 1. The Balaban J connectivity index is 1.78. The summed E-state index contributed by atoms with van der Waals surface area (Å²) in [7, 11) is -8.92. The van der Waals surface area contributed by atoms with Gasteiger partial charge >= 0.3 is 5.69 Å². The van der Waals surface area contributed by atoms with Crippen LogP contribution in [0.15, 0.2) is 76.4 Å². The zero-order valence-electron chi connectivity index (χ0n) is 33.4. The van der Waals surface area contributed by atoms with Crippen molar-refractivity contribution in [3.8, 4) is 0 Å². The lowest BCUT2D eigenvalue weighted by molar-refractivity contribution is -0.0737. The molecule has 1 fully saturated rings. The maximum absolute atomic E-state index is 13.4. The van der Waals surface area contributed by atoms with Crippen LogP contribution in [0, 0.1) is 6.92 Å². The minimum Gasteiger partial charge on any atom is -0.408 e. The van der Waals surface area contributed by atoms with Crippen LogP contribution < -0.4 is 26.3 Å². The highest BCUT2D eigenvalue weighted by molar-refractivity contribution is 7.89. The molecular weight excluding hydrogens is 727 g/mol. The largest absolute Gasteiger partial charge is 0.408 e. The Kier molecular flexibility index (Phi) is 13.8. The van der Waals surface area contributed by atoms with Gasteiger partial charge in [-0.2, -0.15) is 0 Å². The summed E-state index contributed by atoms with van der Waals surface area (Å²) in [4.78, 5) is 28.3. The van der Waals surface area contributed by atoms with Crippen LogP contribution in [0.5, 0.6) is 0 Å². The van der Waals surface area contributed by atoms with Gasteiger partial charge in [-0.15, -0.1) is 0 Å². The molecule has 1 aliphatic heterocycles. The minimum atomic E-state index is -3.43. The maximum Gasteiger partial charge on any atom is 0.330 e. The van der Waals surface area contributed by atoms with Gasteiger partial charge in [-0.3, -0.25) is 14.3 Å². The summed E-state index contributed by atoms with van der Waals surface area (Å²) >= 11 is 0. The number of ether oxygens (including phenoxy) is 2. The molecule has 2 N–H and O–H groups in total. The molecule has 3 aromatic rings. The number of aryl methyl sites for hydroxylation is 1. The molecule has 4 rings (SSSR count). The van der Waals surface area contributed by atoms with E-state index in [0.29, 0.717) is 18.4 Å². The van der Waals surface area contributed by atoms with Crippen LogP contribution in [0.4, 0.5) is 0 Å². The van der Waals surface area contributed by atoms with Gasteiger partial charge in [-0.05, 0) is 67.2 Å². The van der Waals surface area contributed by atoms with E-state index in [1.807, 2.05) is 36.4 Å². The normalized spacial score (nSPS) is 20.3. The molecule has 0 spiro atoms. The van der Waals surface area contributed by atoms with Crippen molar-refractivity contribution in [2.75, 3.05) is 19.0 Å². The van der Waals surface area contributed by atoms with Gasteiger partial charge in [0.15, 0.2) is 14.5 Å². The molecule has 0 bridgehead atoms. The fourth-order valence-electron chi connectivity index (χ4n) is 6.68. The second-order valence-electron chi connectivity index (χ2n) is 17.0. The Bertz CT molecular complexity index is 1830. The molecule has 4 atom stereocenters. The van der Waals surface area contributed by atoms with E-state index in [9.17, 15) is 18.0 Å². The third-order valence-electron chi connectivity index (χ3n) is 10.4. The first kappa shape index (κ1) is 43.0. The molecule has 2 heterocycles. The predicted octanol–water partition coefficient (Wildman–Crippen LogP) is 5.20. The summed E-state index contributed by atoms with van der Waals surface area (Å²) in [5.41, 5.74) is -0.744. The summed E-state index contributed by atoms with van der Waals surface area (Å²) in [5.74, 6) is -0.0312. The molecule has 53 heavy (non-hydrogen) atoms. The van der Waals surface area contributed by atoms with E-state index >= 15 is 0 Å². The van der Waals surface area contributed by atoms with Crippen LogP contribution in [-0.4, -0.2) is 77.9 Å². The van der Waals surface area contributed by atoms with Crippen LogP contribution >= 0.6 is 0 Å². The van der Waals surface area contributed by atoms with E-state index < -0.39 is 62.4 Å². The van der Waals surface area contributed by atoms with Crippen LogP contribution in [0.25, 0.3) is 0 Å². The van der Waals surface area contributed by atoms with Gasteiger partial charge in [0.2, 0.25) is 10.0 Å². The summed E-state index contributed by atoms with van der Waals surface area (Å²) < 4.78 is 57.0. The maximum atomic E-state index is 13.4. The Morgan fingerprint density at radius 1 is 0.887 bits per heavy atom. The molecule has 14 heteroatoms. The van der Waals surface area contributed by atoms with E-state index in [1.54, 1.807) is 20.8 Å². The van der Waals surface area contributed by atoms with E-state index in [0.717, 1.165) is 10.4 Å². The fourth-order valence-corrected chi connectivity index (χ4v) is 14.0. The van der Waals surface area contributed by atoms with Gasteiger partial charge in [0.05, 0.1) is 12.4 Å². The van der Waals surface area contributed by atoms with Crippen molar-refractivity contribution in [1.82, 2.24) is 14.3 Å². The Morgan fingerprint density at radius 3 is 1.96 bits per heavy atom. The fraction of sp³-hybridized carbons (Fsp3) is 0.590. The van der Waals surface area contributed by atoms with Crippen LogP contribution in [-0.2, 0) is 28.3 Å². The third-order valence-corrected chi connectivity index (χ3v) is 21.5. The van der Waals surface area contributed by atoms with Crippen LogP contribution in [0.2, 0.25) is 23.2 Å². The molecule has 11 nitrogen and oxygen atoms in total. The number of nitrogens with one attached hydrogen (secondary N) is 2. The molecule has 1 saturated heterocycles. The van der Waals surface area contributed by atoms with E-state index in [-0.39, 0.29) is 35.1 Å². The second kappa shape index (κ2) is 17.0. The number of hydrogen-bond acceptors (Lipinski definition) is 8. The van der Waals surface area contributed by atoms with Crippen molar-refractivity contribution < 1.29 is 26.7 Å². The van der Waals surface area contributed by atoms with Crippen molar-refractivity contribution >= 4 is 37.0 Å². The highest BCUT2D eigenvalue weighted by atomic mass is 32.2. The van der Waals surface area contributed by atoms with Crippen LogP contribution in [0.3, 0.4) is 0 Å². The molecule has 0 radical (unpaired) electrons. The first-order valence-electron chi connectivity index (χ1n) is 18.6. The summed E-state index contributed by atoms with van der Waals surface area (Å²) in [6.45, 7) is 23.0. The van der Waals surface area contributed by atoms with Gasteiger partial charge in [-0.25, -0.2) is 17.9 Å². The lowest BCUT2D eigenvalue weighted by Gasteiger charge is -2.44. The number of H-pyrrole nitrogens is 1. The van der Waals surface area contributed by atoms with E-state index in [2.05, 4.69) is 88.6 Å². The Hall–Kier alpha value is -2.70. The molecular formula is C39H61N3O8SSi2. The zero-order valence-corrected chi connectivity index (χ0v) is 36.2. The summed E-state index contributed by atoms with van der Waals surface area (Å²) in [5, 5.41) is 1.79. The average molecular weight is 788 g/mol. The lowest BCUT2D eigenvalue weighted by atomic mass is 10.1. The molecule has 0 unspecified atom stereocenters. The van der Waals surface area contributed by atoms with Gasteiger partial charge < -0.3 is 18.3 Å². The zero-order chi connectivity index (χ0) is 39.4. The van der Waals surface area contributed by atoms with Crippen molar-refractivity contribution in [1.29, 1.82) is 0 Å². The van der Waals surface area contributed by atoms with Crippen molar-refractivity contribution in [2.45, 2.75) is 129 Å². The second-order valence-corrected chi connectivity index (χ2v) is 27.9. The SMILES string of the molecule is Cc1cn([C@@H]2O[C@H](CO[Si](c3ccccc3)(c3ccccc3)C(C)(C)C)[C@@H](O[Si](C)(C)C(C)(C)C)[C@H]2OCCCCS(=O)(=O)NC(C)C)c(=O)[nH]c1=O. The highest BCUT2D eigenvalue weighted by Gasteiger charge is 2.55. The summed E-state index contributed by atoms with van der Waals surface area (Å²) in [6.07, 6.45) is -0.692. The monoisotopic (exact) mass is 787 g/mol. The molecule has 0 saturated carbocycles. The van der Waals surface area contributed by atoms with Gasteiger partial charge in [0.25, 0.3) is 13.9 Å². The van der Waals surface area contributed by atoms with Crippen LogP contribution in [0.1, 0.15) is 80.0 Å². The standard InChI is InChI=1S/C39H61N3O8SSi2/c1-28(2)41-51(45,46)25-19-18-24-47-34-33(50-52(10,11)38(4,5)6)32(49-36(34)42-26-29(3)35(43)40-37(42)44)27-48-53(39(7,8)9,30-20-14-12-15-21-30)31-22-16-13-17-23-31/h12-17,20-23,26,28,32-34,36,41H,18-19,24-25,27H2,1-11H3,(H,40,43,44)/t32-,33-,34-,36-/m1/s1. The van der Waals surface area contributed by atoms with Crippen molar-refractivity contribution in [2.24, 2.45) is 0 Å². The van der Waals surface area contributed by atoms with Gasteiger partial charge in [-0.1, -0.05) is 102 Å². The molecule has 0 aliphatic carbocycles. The first-order valence-corrected chi connectivity index (χ1v) is 25.1. The Labute approximate surface area is 318 Å². The topological polar surface area (TPSA) is 138 Å². The number of aromatic amines is 1. The number of aromatic nitrogens is 2. The van der Waals surface area contributed by atoms with Gasteiger partial charge in [0, 0.05) is 24.4 Å². The van der Waals surface area contributed by atoms with Gasteiger partial charge in [0.1, 0.15) is 18.3 Å². The van der Waals surface area contributed by atoms with Crippen molar-refractivity contribution in [3.05, 3.63) is 93.3 Å². The number of unbranched alkanes of at least 4 members (excludes halogenated alkanes) is 1. The summed E-state index contributed by atoms with van der Waals surface area (Å²) in [6, 6.07) is 20.5. The molecule has 294 valence electrons. The highest BCUT2D eigenvalue weighted by Crippen LogP contribution is 2.43. The smallest absolute Gasteiger partial charge is 0.330 e. The number of hydrogen-bond donors (Lipinski definition) is 2. The minimum absolute atomic E-state index is 0.0312. The molecule has 0 amide bonds. The molecule has 1 aromatic heterocycles. The predicted molar refractivity (Wildman–Crippen MR) is 217 cm³/mol.